The normalized spacial score (nSPS) is 18.2. The highest BCUT2D eigenvalue weighted by atomic mass is 32.1. The van der Waals surface area contributed by atoms with Crippen LogP contribution < -0.4 is 0 Å². The molecular formula is C16H18N4S3. The number of hydrogen-bond donors (Lipinski definition) is 0. The van der Waals surface area contributed by atoms with Gasteiger partial charge in [0.15, 0.2) is 4.77 Å². The number of rotatable bonds is 4. The van der Waals surface area contributed by atoms with E-state index >= 15 is 0 Å². The maximum Gasteiger partial charge on any atom is 0.198 e. The lowest BCUT2D eigenvalue weighted by Gasteiger charge is -2.35. The van der Waals surface area contributed by atoms with Crippen molar-refractivity contribution in [2.75, 3.05) is 6.54 Å². The zero-order chi connectivity index (χ0) is 15.8. The largest absolute Gasteiger partial charge is 0.307 e. The molecule has 120 valence electrons. The van der Waals surface area contributed by atoms with Gasteiger partial charge in [0.05, 0.1) is 12.7 Å². The van der Waals surface area contributed by atoms with E-state index in [1.165, 1.54) is 15.3 Å². The lowest BCUT2D eigenvalue weighted by molar-refractivity contribution is 0.158. The van der Waals surface area contributed by atoms with Crippen LogP contribution in [0.4, 0.5) is 0 Å². The summed E-state index contributed by atoms with van der Waals surface area (Å²) in [5.41, 5.74) is 1.45. The quantitative estimate of drug-likeness (QED) is 0.652. The van der Waals surface area contributed by atoms with Gasteiger partial charge in [-0.05, 0) is 54.0 Å². The molecule has 3 aromatic rings. The van der Waals surface area contributed by atoms with Gasteiger partial charge in [-0.2, -0.15) is 5.10 Å². The summed E-state index contributed by atoms with van der Waals surface area (Å²) < 4.78 is 4.75. The first kappa shape index (κ1) is 15.3. The highest BCUT2D eigenvalue weighted by molar-refractivity contribution is 7.71. The van der Waals surface area contributed by atoms with Gasteiger partial charge in [-0.25, -0.2) is 4.68 Å². The van der Waals surface area contributed by atoms with Gasteiger partial charge < -0.3 is 4.57 Å². The topological polar surface area (TPSA) is 26.0 Å². The Morgan fingerprint density at radius 1 is 1.30 bits per heavy atom. The average molecular weight is 363 g/mol. The Balaban J connectivity index is 1.70. The Morgan fingerprint density at radius 2 is 2.22 bits per heavy atom. The van der Waals surface area contributed by atoms with E-state index in [-0.39, 0.29) is 0 Å². The van der Waals surface area contributed by atoms with Gasteiger partial charge in [0, 0.05) is 22.8 Å². The van der Waals surface area contributed by atoms with Crippen molar-refractivity contribution in [3.63, 3.8) is 0 Å². The van der Waals surface area contributed by atoms with Crippen LogP contribution in [0.5, 0.6) is 0 Å². The van der Waals surface area contributed by atoms with Crippen molar-refractivity contribution < 1.29 is 0 Å². The highest BCUT2D eigenvalue weighted by Crippen LogP contribution is 2.39. The number of aromatic nitrogens is 3. The number of aryl methyl sites for hydroxylation is 1. The molecular weight excluding hydrogens is 344 g/mol. The minimum absolute atomic E-state index is 0.318. The van der Waals surface area contributed by atoms with E-state index in [1.807, 2.05) is 38.2 Å². The molecule has 1 aliphatic heterocycles. The molecule has 4 heterocycles. The van der Waals surface area contributed by atoms with Crippen molar-refractivity contribution in [2.24, 2.45) is 0 Å². The monoisotopic (exact) mass is 362 g/mol. The molecule has 7 heteroatoms. The fourth-order valence-corrected chi connectivity index (χ4v) is 5.22. The van der Waals surface area contributed by atoms with E-state index in [0.29, 0.717) is 6.04 Å². The minimum Gasteiger partial charge on any atom is -0.307 e. The van der Waals surface area contributed by atoms with Gasteiger partial charge in [-0.15, -0.1) is 22.7 Å². The van der Waals surface area contributed by atoms with Gasteiger partial charge in [-0.1, -0.05) is 6.07 Å². The van der Waals surface area contributed by atoms with Crippen LogP contribution in [0.15, 0.2) is 35.3 Å². The van der Waals surface area contributed by atoms with E-state index < -0.39 is 0 Å². The van der Waals surface area contributed by atoms with Crippen LogP contribution in [-0.4, -0.2) is 25.8 Å². The molecule has 0 spiro atoms. The van der Waals surface area contributed by atoms with Crippen LogP contribution in [0.1, 0.15) is 28.3 Å². The Hall–Kier alpha value is -1.28. The number of nitrogens with zero attached hydrogens (tertiary/aromatic N) is 4. The lowest BCUT2D eigenvalue weighted by Crippen LogP contribution is -2.36. The number of fused-ring (bicyclic) bond motifs is 1. The summed E-state index contributed by atoms with van der Waals surface area (Å²) in [4.78, 5) is 5.40. The van der Waals surface area contributed by atoms with Crippen LogP contribution in [-0.2, 0) is 19.6 Å². The molecule has 0 unspecified atom stereocenters. The lowest BCUT2D eigenvalue weighted by atomic mass is 9.99. The zero-order valence-corrected chi connectivity index (χ0v) is 15.3. The molecule has 0 aliphatic carbocycles. The van der Waals surface area contributed by atoms with Gasteiger partial charge in [0.2, 0.25) is 0 Å². The molecule has 3 aromatic heterocycles. The summed E-state index contributed by atoms with van der Waals surface area (Å²) >= 11 is 9.24. The first-order valence-corrected chi connectivity index (χ1v) is 9.90. The summed E-state index contributed by atoms with van der Waals surface area (Å²) in [6.45, 7) is 4.73. The molecule has 4 rings (SSSR count). The summed E-state index contributed by atoms with van der Waals surface area (Å²) in [5.74, 6) is 0. The molecule has 0 bridgehead atoms. The average Bonchev–Trinajstić information content (AvgIpc) is 3.29. The van der Waals surface area contributed by atoms with Gasteiger partial charge in [0.25, 0.3) is 0 Å². The van der Waals surface area contributed by atoms with E-state index in [1.54, 1.807) is 0 Å². The molecule has 0 fully saturated rings. The van der Waals surface area contributed by atoms with Crippen molar-refractivity contribution in [3.8, 4) is 0 Å². The van der Waals surface area contributed by atoms with Crippen LogP contribution >= 0.6 is 34.9 Å². The maximum absolute atomic E-state index is 5.53. The Labute approximate surface area is 148 Å². The number of hydrogen-bond acceptors (Lipinski definition) is 5. The van der Waals surface area contributed by atoms with E-state index in [4.69, 9.17) is 12.2 Å². The molecule has 1 atom stereocenters. The van der Waals surface area contributed by atoms with Crippen molar-refractivity contribution in [1.82, 2.24) is 19.2 Å². The number of thiophene rings is 2. The molecule has 0 amide bonds. The zero-order valence-electron chi connectivity index (χ0n) is 12.9. The minimum atomic E-state index is 0.318. The van der Waals surface area contributed by atoms with Gasteiger partial charge in [0.1, 0.15) is 6.33 Å². The van der Waals surface area contributed by atoms with Crippen LogP contribution in [0.2, 0.25) is 0 Å². The molecule has 0 N–H and O–H groups in total. The second-order valence-corrected chi connectivity index (χ2v) is 7.97. The molecule has 4 nitrogen and oxygen atoms in total. The molecule has 0 saturated heterocycles. The standard InChI is InChI=1S/C16H18N4S3/c1-2-18-10-17-20(16(18)21)11-19-7-5-13-12(6-9-23-13)15(19)14-4-3-8-22-14/h3-4,6,8-10,15H,2,5,7,11H2,1H3/t15-/m0/s1. The van der Waals surface area contributed by atoms with Crippen molar-refractivity contribution in [3.05, 3.63) is 55.4 Å². The second-order valence-electron chi connectivity index (χ2n) is 5.62. The van der Waals surface area contributed by atoms with Crippen LogP contribution in [0.3, 0.4) is 0 Å². The Bertz CT molecular complexity index is 843. The van der Waals surface area contributed by atoms with E-state index in [2.05, 4.69) is 45.9 Å². The third-order valence-electron chi connectivity index (χ3n) is 4.33. The van der Waals surface area contributed by atoms with Crippen LogP contribution in [0.25, 0.3) is 0 Å². The van der Waals surface area contributed by atoms with E-state index in [0.717, 1.165) is 31.0 Å². The molecule has 1 aliphatic rings. The molecule has 0 aromatic carbocycles. The van der Waals surface area contributed by atoms with Gasteiger partial charge in [-0.3, -0.25) is 4.90 Å². The Kier molecular flexibility index (Phi) is 4.19. The van der Waals surface area contributed by atoms with E-state index in [9.17, 15) is 0 Å². The first-order valence-electron chi connectivity index (χ1n) is 7.74. The third kappa shape index (κ3) is 2.71. The third-order valence-corrected chi connectivity index (χ3v) is 6.70. The molecule has 0 radical (unpaired) electrons. The SMILES string of the molecule is CCn1cnn(CN2CCc3sccc3[C@H]2c2cccs2)c1=S. The fraction of sp³-hybridized carbons (Fsp3) is 0.375. The summed E-state index contributed by atoms with van der Waals surface area (Å²) in [7, 11) is 0. The van der Waals surface area contributed by atoms with Crippen LogP contribution in [0, 0.1) is 4.77 Å². The smallest absolute Gasteiger partial charge is 0.198 e. The Morgan fingerprint density at radius 3 is 2.96 bits per heavy atom. The first-order chi connectivity index (χ1) is 11.3. The predicted molar refractivity (Wildman–Crippen MR) is 97.6 cm³/mol. The fourth-order valence-electron chi connectivity index (χ4n) is 3.16. The van der Waals surface area contributed by atoms with Crippen molar-refractivity contribution in [2.45, 2.75) is 32.6 Å². The molecule has 0 saturated carbocycles. The summed E-state index contributed by atoms with van der Waals surface area (Å²) in [5, 5.41) is 8.85. The summed E-state index contributed by atoms with van der Waals surface area (Å²) in [6, 6.07) is 6.97. The van der Waals surface area contributed by atoms with Crippen molar-refractivity contribution in [1.29, 1.82) is 0 Å². The van der Waals surface area contributed by atoms with Gasteiger partial charge >= 0.3 is 0 Å². The predicted octanol–water partition coefficient (Wildman–Crippen LogP) is 4.16. The van der Waals surface area contributed by atoms with Crippen molar-refractivity contribution >= 4 is 34.9 Å². The summed E-state index contributed by atoms with van der Waals surface area (Å²) in [6.07, 6.45) is 2.94. The molecule has 23 heavy (non-hydrogen) atoms. The maximum atomic E-state index is 5.53. The second kappa shape index (κ2) is 6.32. The highest BCUT2D eigenvalue weighted by Gasteiger charge is 2.30.